The predicted octanol–water partition coefficient (Wildman–Crippen LogP) is 4.73. The molecule has 0 saturated heterocycles. The summed E-state index contributed by atoms with van der Waals surface area (Å²) in [6.45, 7) is 1.05. The molecule has 1 N–H and O–H groups in total. The summed E-state index contributed by atoms with van der Waals surface area (Å²) in [4.78, 5) is 0. The lowest BCUT2D eigenvalue weighted by atomic mass is 10.3. The van der Waals surface area contributed by atoms with Crippen molar-refractivity contribution in [2.24, 2.45) is 0 Å². The SMILES string of the molecule is Fc1cc(Cl)cc(NCCOc2ccc(Br)cc2)c1. The van der Waals surface area contributed by atoms with E-state index in [4.69, 9.17) is 16.3 Å². The fourth-order valence-electron chi connectivity index (χ4n) is 1.55. The molecule has 0 amide bonds. The molecule has 0 aliphatic heterocycles. The van der Waals surface area contributed by atoms with Crippen LogP contribution in [0, 0.1) is 5.82 Å². The fourth-order valence-corrected chi connectivity index (χ4v) is 2.04. The number of hydrogen-bond donors (Lipinski definition) is 1. The van der Waals surface area contributed by atoms with Crippen molar-refractivity contribution in [1.82, 2.24) is 0 Å². The van der Waals surface area contributed by atoms with Gasteiger partial charge in [-0.3, -0.25) is 0 Å². The van der Waals surface area contributed by atoms with E-state index in [0.717, 1.165) is 10.2 Å². The third-order valence-electron chi connectivity index (χ3n) is 2.38. The van der Waals surface area contributed by atoms with Crippen LogP contribution in [0.2, 0.25) is 5.02 Å². The van der Waals surface area contributed by atoms with E-state index in [0.29, 0.717) is 23.9 Å². The minimum Gasteiger partial charge on any atom is -0.492 e. The van der Waals surface area contributed by atoms with Gasteiger partial charge < -0.3 is 10.1 Å². The second-order valence-corrected chi connectivity index (χ2v) is 5.24. The Balaban J connectivity index is 1.79. The van der Waals surface area contributed by atoms with E-state index < -0.39 is 0 Å². The van der Waals surface area contributed by atoms with Gasteiger partial charge in [0.25, 0.3) is 0 Å². The first-order valence-corrected chi connectivity index (χ1v) is 6.89. The minimum absolute atomic E-state index is 0.358. The number of anilines is 1. The van der Waals surface area contributed by atoms with Crippen molar-refractivity contribution in [2.75, 3.05) is 18.5 Å². The lowest BCUT2D eigenvalue weighted by Gasteiger charge is -2.09. The largest absolute Gasteiger partial charge is 0.492 e. The molecule has 0 unspecified atom stereocenters. The van der Waals surface area contributed by atoms with Crippen molar-refractivity contribution >= 4 is 33.2 Å². The molecule has 5 heteroatoms. The molecule has 2 nitrogen and oxygen atoms in total. The van der Waals surface area contributed by atoms with E-state index in [1.807, 2.05) is 24.3 Å². The molecule has 0 heterocycles. The number of halogens is 3. The van der Waals surface area contributed by atoms with E-state index >= 15 is 0 Å². The maximum atomic E-state index is 13.1. The van der Waals surface area contributed by atoms with Gasteiger partial charge in [-0.05, 0) is 42.5 Å². The summed E-state index contributed by atoms with van der Waals surface area (Å²) in [5, 5.41) is 3.42. The summed E-state index contributed by atoms with van der Waals surface area (Å²) < 4.78 is 19.6. The zero-order valence-electron chi connectivity index (χ0n) is 10.00. The molecule has 0 spiro atoms. The third-order valence-corrected chi connectivity index (χ3v) is 3.12. The van der Waals surface area contributed by atoms with Gasteiger partial charge in [-0.1, -0.05) is 27.5 Å². The van der Waals surface area contributed by atoms with Crippen molar-refractivity contribution in [3.63, 3.8) is 0 Å². The van der Waals surface area contributed by atoms with E-state index in [1.165, 1.54) is 12.1 Å². The van der Waals surface area contributed by atoms with E-state index in [2.05, 4.69) is 21.2 Å². The molecule has 0 atom stereocenters. The summed E-state index contributed by atoms with van der Waals surface area (Å²) in [5.41, 5.74) is 0.643. The molecule has 0 aliphatic carbocycles. The zero-order valence-corrected chi connectivity index (χ0v) is 12.3. The second kappa shape index (κ2) is 6.78. The van der Waals surface area contributed by atoms with Crippen molar-refractivity contribution in [3.05, 3.63) is 57.8 Å². The highest BCUT2D eigenvalue weighted by atomic mass is 79.9. The van der Waals surface area contributed by atoms with Gasteiger partial charge >= 0.3 is 0 Å². The Morgan fingerprint density at radius 3 is 2.58 bits per heavy atom. The molecule has 0 radical (unpaired) electrons. The predicted molar refractivity (Wildman–Crippen MR) is 79.5 cm³/mol. The molecule has 100 valence electrons. The number of nitrogens with one attached hydrogen (secondary N) is 1. The third kappa shape index (κ3) is 4.73. The maximum absolute atomic E-state index is 13.1. The van der Waals surface area contributed by atoms with Crippen molar-refractivity contribution in [2.45, 2.75) is 0 Å². The topological polar surface area (TPSA) is 21.3 Å². The summed E-state index contributed by atoms with van der Waals surface area (Å²) >= 11 is 9.11. The van der Waals surface area contributed by atoms with Crippen LogP contribution in [0.5, 0.6) is 5.75 Å². The fraction of sp³-hybridized carbons (Fsp3) is 0.143. The van der Waals surface area contributed by atoms with Gasteiger partial charge in [0.2, 0.25) is 0 Å². The Morgan fingerprint density at radius 2 is 1.89 bits per heavy atom. The van der Waals surface area contributed by atoms with E-state index in [-0.39, 0.29) is 5.82 Å². The Bertz CT molecular complexity index is 527. The molecule has 2 aromatic carbocycles. The number of ether oxygens (including phenoxy) is 1. The van der Waals surface area contributed by atoms with Gasteiger partial charge in [0.15, 0.2) is 0 Å². The van der Waals surface area contributed by atoms with Crippen LogP contribution in [0.1, 0.15) is 0 Å². The van der Waals surface area contributed by atoms with Crippen LogP contribution in [-0.2, 0) is 0 Å². The van der Waals surface area contributed by atoms with Gasteiger partial charge in [0, 0.05) is 21.7 Å². The first-order valence-electron chi connectivity index (χ1n) is 5.72. The first kappa shape index (κ1) is 14.2. The summed E-state index contributed by atoms with van der Waals surface area (Å²) in [5.74, 6) is 0.436. The highest BCUT2D eigenvalue weighted by Gasteiger charge is 1.99. The molecule has 0 bridgehead atoms. The van der Waals surface area contributed by atoms with Gasteiger partial charge in [0.1, 0.15) is 18.2 Å². The molecule has 0 saturated carbocycles. The van der Waals surface area contributed by atoms with Crippen molar-refractivity contribution in [3.8, 4) is 5.75 Å². The highest BCUT2D eigenvalue weighted by molar-refractivity contribution is 9.10. The average molecular weight is 345 g/mol. The summed E-state index contributed by atoms with van der Waals surface area (Å²) in [7, 11) is 0. The zero-order chi connectivity index (χ0) is 13.7. The molecule has 19 heavy (non-hydrogen) atoms. The second-order valence-electron chi connectivity index (χ2n) is 3.89. The molecule has 0 aliphatic rings. The molecule has 0 aromatic heterocycles. The molecular formula is C14H12BrClFNO. The van der Waals surface area contributed by atoms with Gasteiger partial charge in [0.05, 0.1) is 0 Å². The van der Waals surface area contributed by atoms with Gasteiger partial charge in [-0.25, -0.2) is 4.39 Å². The molecule has 2 rings (SSSR count). The van der Waals surface area contributed by atoms with Crippen molar-refractivity contribution in [1.29, 1.82) is 0 Å². The average Bonchev–Trinajstić information content (AvgIpc) is 2.36. The van der Waals surface area contributed by atoms with Crippen LogP contribution >= 0.6 is 27.5 Å². The number of benzene rings is 2. The van der Waals surface area contributed by atoms with E-state index in [1.54, 1.807) is 6.07 Å². The van der Waals surface area contributed by atoms with Crippen LogP contribution in [0.4, 0.5) is 10.1 Å². The molecule has 2 aromatic rings. The Hall–Kier alpha value is -1.26. The molecular weight excluding hydrogens is 333 g/mol. The first-order chi connectivity index (χ1) is 9.13. The van der Waals surface area contributed by atoms with Crippen LogP contribution in [-0.4, -0.2) is 13.2 Å². The number of rotatable bonds is 5. The van der Waals surface area contributed by atoms with Crippen molar-refractivity contribution < 1.29 is 9.13 Å². The van der Waals surface area contributed by atoms with Crippen LogP contribution in [0.3, 0.4) is 0 Å². The summed E-state index contributed by atoms with van der Waals surface area (Å²) in [6, 6.07) is 11.9. The van der Waals surface area contributed by atoms with Crippen LogP contribution in [0.15, 0.2) is 46.9 Å². The normalized spacial score (nSPS) is 10.3. The summed E-state index contributed by atoms with van der Waals surface area (Å²) in [6.07, 6.45) is 0. The quantitative estimate of drug-likeness (QED) is 0.792. The smallest absolute Gasteiger partial charge is 0.126 e. The Labute approximate surface area is 124 Å². The van der Waals surface area contributed by atoms with Gasteiger partial charge in [-0.15, -0.1) is 0 Å². The lowest BCUT2D eigenvalue weighted by Crippen LogP contribution is -2.11. The highest BCUT2D eigenvalue weighted by Crippen LogP contribution is 2.18. The Kier molecular flexibility index (Phi) is 5.05. The lowest BCUT2D eigenvalue weighted by molar-refractivity contribution is 0.333. The molecule has 0 fully saturated rings. The minimum atomic E-state index is -0.358. The Morgan fingerprint density at radius 1 is 1.16 bits per heavy atom. The van der Waals surface area contributed by atoms with Crippen LogP contribution < -0.4 is 10.1 Å². The maximum Gasteiger partial charge on any atom is 0.126 e. The number of hydrogen-bond acceptors (Lipinski definition) is 2. The van der Waals surface area contributed by atoms with Gasteiger partial charge in [-0.2, -0.15) is 0 Å². The van der Waals surface area contributed by atoms with E-state index in [9.17, 15) is 4.39 Å². The van der Waals surface area contributed by atoms with Crippen LogP contribution in [0.25, 0.3) is 0 Å². The standard InChI is InChI=1S/C14H12BrClFNO/c15-10-1-3-14(4-2-10)19-6-5-18-13-8-11(16)7-12(17)9-13/h1-4,7-9,18H,5-6H2. The monoisotopic (exact) mass is 343 g/mol.